The third-order valence-corrected chi connectivity index (χ3v) is 4.17. The van der Waals surface area contributed by atoms with Gasteiger partial charge < -0.3 is 5.32 Å². The van der Waals surface area contributed by atoms with E-state index in [-0.39, 0.29) is 0 Å². The number of pyridine rings is 1. The molecule has 4 heteroatoms. The van der Waals surface area contributed by atoms with Crippen LogP contribution in [0.1, 0.15) is 25.7 Å². The van der Waals surface area contributed by atoms with Crippen molar-refractivity contribution < 1.29 is 0 Å². The molecule has 0 atom stereocenters. The van der Waals surface area contributed by atoms with Gasteiger partial charge in [0, 0.05) is 18.1 Å². The fourth-order valence-corrected chi connectivity index (χ4v) is 2.73. The lowest BCUT2D eigenvalue weighted by atomic mass is 9.89. The van der Waals surface area contributed by atoms with E-state index in [4.69, 9.17) is 11.6 Å². The number of alkyl halides is 1. The maximum Gasteiger partial charge on any atom is 0.140 e. The van der Waals surface area contributed by atoms with Crippen LogP contribution in [0.4, 0.5) is 5.82 Å². The molecule has 0 unspecified atom stereocenters. The zero-order chi connectivity index (χ0) is 11.4. The molecule has 88 valence electrons. The van der Waals surface area contributed by atoms with Crippen LogP contribution in [0, 0.1) is 5.92 Å². The Labute approximate surface area is 110 Å². The summed E-state index contributed by atoms with van der Waals surface area (Å²) in [7, 11) is 0. The van der Waals surface area contributed by atoms with Crippen LogP contribution in [-0.2, 0) is 0 Å². The fourth-order valence-electron chi connectivity index (χ4n) is 2.08. The number of rotatable bonds is 3. The molecule has 0 amide bonds. The molecule has 0 spiro atoms. The van der Waals surface area contributed by atoms with E-state index in [0.29, 0.717) is 5.38 Å². The van der Waals surface area contributed by atoms with Gasteiger partial charge >= 0.3 is 0 Å². The lowest BCUT2D eigenvalue weighted by Crippen LogP contribution is -2.21. The SMILES string of the molecule is ClC1CCC(CNc2ncccc2Br)CC1. The molecule has 1 saturated carbocycles. The summed E-state index contributed by atoms with van der Waals surface area (Å²) >= 11 is 9.57. The average Bonchev–Trinajstić information content (AvgIpc) is 2.30. The van der Waals surface area contributed by atoms with Crippen LogP contribution in [0.2, 0.25) is 0 Å². The summed E-state index contributed by atoms with van der Waals surface area (Å²) in [6, 6.07) is 3.93. The second-order valence-electron chi connectivity index (χ2n) is 4.33. The molecule has 0 aromatic carbocycles. The molecule has 16 heavy (non-hydrogen) atoms. The molecule has 1 fully saturated rings. The zero-order valence-corrected chi connectivity index (χ0v) is 11.5. The monoisotopic (exact) mass is 302 g/mol. The Morgan fingerprint density at radius 3 is 2.81 bits per heavy atom. The van der Waals surface area contributed by atoms with Crippen molar-refractivity contribution in [1.29, 1.82) is 0 Å². The maximum absolute atomic E-state index is 6.08. The van der Waals surface area contributed by atoms with Crippen molar-refractivity contribution in [1.82, 2.24) is 4.98 Å². The van der Waals surface area contributed by atoms with Crippen molar-refractivity contribution in [3.05, 3.63) is 22.8 Å². The van der Waals surface area contributed by atoms with Crippen LogP contribution in [0.25, 0.3) is 0 Å². The smallest absolute Gasteiger partial charge is 0.140 e. The van der Waals surface area contributed by atoms with Crippen molar-refractivity contribution in [3.63, 3.8) is 0 Å². The van der Waals surface area contributed by atoms with Crippen LogP contribution >= 0.6 is 27.5 Å². The van der Waals surface area contributed by atoms with Crippen LogP contribution in [0.5, 0.6) is 0 Å². The Kier molecular flexibility index (Phi) is 4.47. The summed E-state index contributed by atoms with van der Waals surface area (Å²) in [4.78, 5) is 4.29. The summed E-state index contributed by atoms with van der Waals surface area (Å²) in [6.07, 6.45) is 6.56. The minimum Gasteiger partial charge on any atom is -0.369 e. The quantitative estimate of drug-likeness (QED) is 0.852. The van der Waals surface area contributed by atoms with Gasteiger partial charge in [-0.05, 0) is 59.7 Å². The molecule has 0 aliphatic heterocycles. The van der Waals surface area contributed by atoms with Gasteiger partial charge in [-0.25, -0.2) is 4.98 Å². The van der Waals surface area contributed by atoms with E-state index in [9.17, 15) is 0 Å². The standard InChI is InChI=1S/C12H16BrClN2/c13-11-2-1-7-15-12(11)16-8-9-3-5-10(14)6-4-9/h1-2,7,9-10H,3-6,8H2,(H,15,16). The Morgan fingerprint density at radius 1 is 1.38 bits per heavy atom. The largest absolute Gasteiger partial charge is 0.369 e. The van der Waals surface area contributed by atoms with Gasteiger partial charge in [-0.2, -0.15) is 0 Å². The van der Waals surface area contributed by atoms with Crippen molar-refractivity contribution in [3.8, 4) is 0 Å². The molecular formula is C12H16BrClN2. The van der Waals surface area contributed by atoms with Gasteiger partial charge in [0.1, 0.15) is 5.82 Å². The van der Waals surface area contributed by atoms with E-state index in [2.05, 4.69) is 26.2 Å². The van der Waals surface area contributed by atoms with Gasteiger partial charge in [-0.1, -0.05) is 0 Å². The number of hydrogen-bond acceptors (Lipinski definition) is 2. The predicted octanol–water partition coefficient (Wildman–Crippen LogP) is 4.05. The van der Waals surface area contributed by atoms with Crippen LogP contribution < -0.4 is 5.32 Å². The summed E-state index contributed by atoms with van der Waals surface area (Å²) in [5.74, 6) is 1.68. The molecule has 2 rings (SSSR count). The van der Waals surface area contributed by atoms with E-state index in [1.807, 2.05) is 18.3 Å². The Hall–Kier alpha value is -0.280. The number of nitrogens with zero attached hydrogens (tertiary/aromatic N) is 1. The van der Waals surface area contributed by atoms with E-state index >= 15 is 0 Å². The molecule has 2 nitrogen and oxygen atoms in total. The minimum atomic E-state index is 0.401. The van der Waals surface area contributed by atoms with Crippen molar-refractivity contribution in [2.24, 2.45) is 5.92 Å². The molecule has 1 aromatic heterocycles. The normalized spacial score (nSPS) is 25.4. The van der Waals surface area contributed by atoms with Gasteiger partial charge in [0.25, 0.3) is 0 Å². The first kappa shape index (κ1) is 12.2. The molecule has 0 radical (unpaired) electrons. The van der Waals surface area contributed by atoms with Crippen molar-refractivity contribution in [2.75, 3.05) is 11.9 Å². The minimum absolute atomic E-state index is 0.401. The molecule has 1 aliphatic rings. The third kappa shape index (κ3) is 3.36. The van der Waals surface area contributed by atoms with Gasteiger partial charge in [-0.3, -0.25) is 0 Å². The fraction of sp³-hybridized carbons (Fsp3) is 0.583. The van der Waals surface area contributed by atoms with E-state index in [1.54, 1.807) is 0 Å². The van der Waals surface area contributed by atoms with Crippen molar-refractivity contribution in [2.45, 2.75) is 31.1 Å². The number of halogens is 2. The van der Waals surface area contributed by atoms with Crippen LogP contribution in [0.15, 0.2) is 22.8 Å². The highest BCUT2D eigenvalue weighted by molar-refractivity contribution is 9.10. The first-order valence-corrected chi connectivity index (χ1v) is 6.97. The van der Waals surface area contributed by atoms with Gasteiger partial charge in [0.15, 0.2) is 0 Å². The number of nitrogens with one attached hydrogen (secondary N) is 1. The highest BCUT2D eigenvalue weighted by Crippen LogP contribution is 2.28. The molecule has 1 aliphatic carbocycles. The topological polar surface area (TPSA) is 24.9 Å². The summed E-state index contributed by atoms with van der Waals surface area (Å²) in [5, 5.41) is 3.80. The van der Waals surface area contributed by atoms with E-state index in [0.717, 1.165) is 35.6 Å². The lowest BCUT2D eigenvalue weighted by molar-refractivity contribution is 0.377. The Balaban J connectivity index is 1.81. The van der Waals surface area contributed by atoms with Crippen molar-refractivity contribution >= 4 is 33.3 Å². The van der Waals surface area contributed by atoms with Crippen LogP contribution in [0.3, 0.4) is 0 Å². The lowest BCUT2D eigenvalue weighted by Gasteiger charge is -2.25. The summed E-state index contributed by atoms with van der Waals surface area (Å²) in [6.45, 7) is 0.999. The Bertz CT molecular complexity index is 338. The summed E-state index contributed by atoms with van der Waals surface area (Å²) < 4.78 is 1.03. The zero-order valence-electron chi connectivity index (χ0n) is 9.13. The van der Waals surface area contributed by atoms with Gasteiger partial charge in [-0.15, -0.1) is 11.6 Å². The predicted molar refractivity (Wildman–Crippen MR) is 72.0 cm³/mol. The maximum atomic E-state index is 6.08. The molecule has 1 heterocycles. The first-order chi connectivity index (χ1) is 7.75. The highest BCUT2D eigenvalue weighted by Gasteiger charge is 2.19. The number of anilines is 1. The molecule has 0 bridgehead atoms. The Morgan fingerprint density at radius 2 is 2.12 bits per heavy atom. The second kappa shape index (κ2) is 5.87. The molecular weight excluding hydrogens is 288 g/mol. The van der Waals surface area contributed by atoms with Gasteiger partial charge in [0.05, 0.1) is 4.47 Å². The average molecular weight is 304 g/mol. The summed E-state index contributed by atoms with van der Waals surface area (Å²) in [5.41, 5.74) is 0. The van der Waals surface area contributed by atoms with Crippen LogP contribution in [-0.4, -0.2) is 16.9 Å². The third-order valence-electron chi connectivity index (χ3n) is 3.09. The highest BCUT2D eigenvalue weighted by atomic mass is 79.9. The molecule has 1 aromatic rings. The second-order valence-corrected chi connectivity index (χ2v) is 5.80. The number of aromatic nitrogens is 1. The van der Waals surface area contributed by atoms with E-state index < -0.39 is 0 Å². The number of hydrogen-bond donors (Lipinski definition) is 1. The van der Waals surface area contributed by atoms with E-state index in [1.165, 1.54) is 12.8 Å². The molecule has 1 N–H and O–H groups in total. The van der Waals surface area contributed by atoms with Gasteiger partial charge in [0.2, 0.25) is 0 Å². The molecule has 0 saturated heterocycles. The first-order valence-electron chi connectivity index (χ1n) is 5.74.